The molecule has 136 valence electrons. The van der Waals surface area contributed by atoms with Crippen molar-refractivity contribution in [3.63, 3.8) is 0 Å². The number of allylic oxidation sites excluding steroid dienone is 2. The van der Waals surface area contributed by atoms with Crippen LogP contribution in [-0.4, -0.2) is 46.2 Å². The zero-order chi connectivity index (χ0) is 18.7. The van der Waals surface area contributed by atoms with E-state index < -0.39 is 5.41 Å². The Morgan fingerprint density at radius 1 is 1.15 bits per heavy atom. The molecule has 7 nitrogen and oxygen atoms in total. The van der Waals surface area contributed by atoms with Gasteiger partial charge in [-0.05, 0) is 12.1 Å². The molecule has 0 radical (unpaired) electrons. The minimum atomic E-state index is -0.572. The van der Waals surface area contributed by atoms with Gasteiger partial charge in [0.15, 0.2) is 5.82 Å². The van der Waals surface area contributed by atoms with Crippen LogP contribution in [0.4, 0.5) is 5.95 Å². The van der Waals surface area contributed by atoms with Crippen molar-refractivity contribution in [3.05, 3.63) is 41.9 Å². The Labute approximate surface area is 153 Å². The van der Waals surface area contributed by atoms with Crippen LogP contribution in [0, 0.1) is 16.7 Å². The molecule has 0 amide bonds. The average molecular weight is 353 g/mol. The number of nitrogens with zero attached hydrogens (tertiary/aromatic N) is 5. The first-order chi connectivity index (χ1) is 12.4. The number of aliphatic hydroxyl groups excluding tert-OH is 1. The molecule has 1 aromatic heterocycles. The Balaban J connectivity index is 2.21. The third-order valence-electron chi connectivity index (χ3n) is 4.24. The van der Waals surface area contributed by atoms with E-state index in [-0.39, 0.29) is 11.3 Å². The quantitative estimate of drug-likeness (QED) is 0.674. The van der Waals surface area contributed by atoms with Crippen LogP contribution in [-0.2, 0) is 4.74 Å². The Morgan fingerprint density at radius 2 is 1.81 bits per heavy atom. The summed E-state index contributed by atoms with van der Waals surface area (Å²) in [5, 5.41) is 29.0. The molecule has 3 rings (SSSR count). The molecule has 2 heterocycles. The number of rotatable bonds is 3. The van der Waals surface area contributed by atoms with Gasteiger partial charge in [-0.1, -0.05) is 39.0 Å². The van der Waals surface area contributed by atoms with E-state index in [4.69, 9.17) is 4.74 Å². The van der Waals surface area contributed by atoms with Crippen molar-refractivity contribution < 1.29 is 9.84 Å². The maximum atomic E-state index is 10.6. The van der Waals surface area contributed by atoms with Crippen molar-refractivity contribution >= 4 is 11.5 Å². The summed E-state index contributed by atoms with van der Waals surface area (Å²) in [6, 6.07) is 11.7. The lowest BCUT2D eigenvalue weighted by Crippen LogP contribution is -2.38. The summed E-state index contributed by atoms with van der Waals surface area (Å²) in [4.78, 5) is 2.08. The first-order valence-corrected chi connectivity index (χ1v) is 8.61. The third-order valence-corrected chi connectivity index (χ3v) is 4.24. The Hall–Kier alpha value is -2.85. The van der Waals surface area contributed by atoms with Crippen molar-refractivity contribution in [1.82, 2.24) is 14.8 Å². The molecule has 2 aromatic rings. The van der Waals surface area contributed by atoms with Gasteiger partial charge in [0.05, 0.1) is 18.9 Å². The molecule has 26 heavy (non-hydrogen) atoms. The topological polar surface area (TPSA) is 87.2 Å². The van der Waals surface area contributed by atoms with Gasteiger partial charge in [0, 0.05) is 18.5 Å². The second-order valence-corrected chi connectivity index (χ2v) is 7.18. The fourth-order valence-electron chi connectivity index (χ4n) is 2.80. The molecule has 0 saturated carbocycles. The lowest BCUT2D eigenvalue weighted by molar-refractivity contribution is 0.122. The molecule has 7 heteroatoms. The van der Waals surface area contributed by atoms with Gasteiger partial charge in [0.1, 0.15) is 17.4 Å². The van der Waals surface area contributed by atoms with Gasteiger partial charge in [-0.25, -0.2) is 0 Å². The van der Waals surface area contributed by atoms with E-state index in [1.54, 1.807) is 0 Å². The van der Waals surface area contributed by atoms with E-state index in [0.29, 0.717) is 38.1 Å². The summed E-state index contributed by atoms with van der Waals surface area (Å²) in [5.74, 6) is 0.981. The van der Waals surface area contributed by atoms with Crippen molar-refractivity contribution in [2.45, 2.75) is 20.8 Å². The van der Waals surface area contributed by atoms with Gasteiger partial charge in [0.25, 0.3) is 0 Å². The minimum absolute atomic E-state index is 0.00175. The van der Waals surface area contributed by atoms with Crippen LogP contribution in [0.25, 0.3) is 11.3 Å². The van der Waals surface area contributed by atoms with E-state index in [1.165, 1.54) is 0 Å². The Morgan fingerprint density at radius 3 is 2.38 bits per heavy atom. The van der Waals surface area contributed by atoms with Gasteiger partial charge in [-0.3, -0.25) is 4.57 Å². The Kier molecular flexibility index (Phi) is 4.96. The largest absolute Gasteiger partial charge is 0.510 e. The number of ether oxygens (including phenoxy) is 1. The molecule has 1 N–H and O–H groups in total. The summed E-state index contributed by atoms with van der Waals surface area (Å²) in [6.07, 6.45) is 0. The van der Waals surface area contributed by atoms with E-state index in [0.717, 1.165) is 5.69 Å². The molecule has 0 bridgehead atoms. The summed E-state index contributed by atoms with van der Waals surface area (Å²) in [5.41, 5.74) is 0.398. The number of nitriles is 1. The van der Waals surface area contributed by atoms with Gasteiger partial charge in [-0.15, -0.1) is 10.2 Å². The first kappa shape index (κ1) is 18.0. The normalized spacial score (nSPS) is 16.2. The van der Waals surface area contributed by atoms with Crippen LogP contribution >= 0.6 is 0 Å². The van der Waals surface area contributed by atoms with Crippen molar-refractivity contribution in [1.29, 1.82) is 5.26 Å². The van der Waals surface area contributed by atoms with E-state index in [2.05, 4.69) is 21.2 Å². The highest BCUT2D eigenvalue weighted by Gasteiger charge is 2.28. The number of hydrogen-bond donors (Lipinski definition) is 1. The van der Waals surface area contributed by atoms with Crippen molar-refractivity contribution in [3.8, 4) is 11.8 Å². The van der Waals surface area contributed by atoms with E-state index in [1.807, 2.05) is 55.7 Å². The van der Waals surface area contributed by atoms with Crippen molar-refractivity contribution in [2.24, 2.45) is 5.41 Å². The monoisotopic (exact) mass is 353 g/mol. The molecule has 0 spiro atoms. The summed E-state index contributed by atoms with van der Waals surface area (Å²) in [7, 11) is 0. The van der Waals surface area contributed by atoms with Crippen LogP contribution < -0.4 is 4.90 Å². The Bertz CT molecular complexity index is 837. The van der Waals surface area contributed by atoms with Crippen LogP contribution in [0.1, 0.15) is 26.6 Å². The number of aliphatic hydroxyl groups is 1. The lowest BCUT2D eigenvalue weighted by atomic mass is 9.90. The SMILES string of the molecule is CC(C)(C)C(O)=C(C#N)c1nnc(N2CCOCC2)n1-c1ccccc1. The second kappa shape index (κ2) is 7.18. The predicted molar refractivity (Wildman–Crippen MR) is 99.0 cm³/mol. The van der Waals surface area contributed by atoms with Gasteiger partial charge < -0.3 is 14.7 Å². The standard InChI is InChI=1S/C19H23N5O2/c1-19(2,3)16(25)15(13-20)17-21-22-18(23-9-11-26-12-10-23)24(17)14-7-5-4-6-8-14/h4-8,25H,9-12H2,1-3H3. The summed E-state index contributed by atoms with van der Waals surface area (Å²) in [6.45, 7) is 8.18. The average Bonchev–Trinajstić information content (AvgIpc) is 3.08. The van der Waals surface area contributed by atoms with Crippen LogP contribution in [0.15, 0.2) is 36.1 Å². The number of benzene rings is 1. The van der Waals surface area contributed by atoms with Crippen molar-refractivity contribution in [2.75, 3.05) is 31.2 Å². The number of hydrogen-bond acceptors (Lipinski definition) is 6. The van der Waals surface area contributed by atoms with Gasteiger partial charge in [-0.2, -0.15) is 5.26 Å². The molecule has 0 aliphatic carbocycles. The summed E-state index contributed by atoms with van der Waals surface area (Å²) >= 11 is 0. The molecule has 1 aromatic carbocycles. The fourth-order valence-corrected chi connectivity index (χ4v) is 2.80. The van der Waals surface area contributed by atoms with Gasteiger partial charge in [0.2, 0.25) is 5.95 Å². The zero-order valence-corrected chi connectivity index (χ0v) is 15.3. The maximum Gasteiger partial charge on any atom is 0.232 e. The number of morpholine rings is 1. The highest BCUT2D eigenvalue weighted by Crippen LogP contribution is 2.32. The third kappa shape index (κ3) is 3.41. The number of anilines is 1. The lowest BCUT2D eigenvalue weighted by Gasteiger charge is -2.28. The second-order valence-electron chi connectivity index (χ2n) is 7.18. The predicted octanol–water partition coefficient (Wildman–Crippen LogP) is 2.94. The molecule has 0 unspecified atom stereocenters. The number of para-hydroxylation sites is 1. The van der Waals surface area contributed by atoms with Gasteiger partial charge >= 0.3 is 0 Å². The van der Waals surface area contributed by atoms with E-state index in [9.17, 15) is 10.4 Å². The first-order valence-electron chi connectivity index (χ1n) is 8.61. The minimum Gasteiger partial charge on any atom is -0.510 e. The van der Waals surface area contributed by atoms with Crippen LogP contribution in [0.2, 0.25) is 0 Å². The molecular formula is C19H23N5O2. The van der Waals surface area contributed by atoms with E-state index >= 15 is 0 Å². The highest BCUT2D eigenvalue weighted by atomic mass is 16.5. The van der Waals surface area contributed by atoms with Crippen LogP contribution in [0.5, 0.6) is 0 Å². The molecule has 1 aliphatic heterocycles. The number of aromatic nitrogens is 3. The fraction of sp³-hybridized carbons (Fsp3) is 0.421. The molecular weight excluding hydrogens is 330 g/mol. The smallest absolute Gasteiger partial charge is 0.232 e. The highest BCUT2D eigenvalue weighted by molar-refractivity contribution is 5.77. The summed E-state index contributed by atoms with van der Waals surface area (Å²) < 4.78 is 7.25. The zero-order valence-electron chi connectivity index (χ0n) is 15.3. The van der Waals surface area contributed by atoms with Crippen LogP contribution in [0.3, 0.4) is 0 Å². The molecule has 1 saturated heterocycles. The molecule has 1 fully saturated rings. The molecule has 0 atom stereocenters. The maximum absolute atomic E-state index is 10.6. The molecule has 1 aliphatic rings.